The zero-order valence-corrected chi connectivity index (χ0v) is 16.7. The van der Waals surface area contributed by atoms with Crippen LogP contribution in [0.25, 0.3) is 0 Å². The second-order valence-electron chi connectivity index (χ2n) is 6.12. The van der Waals surface area contributed by atoms with Crippen molar-refractivity contribution in [2.75, 3.05) is 10.7 Å². The number of rotatable bonds is 7. The van der Waals surface area contributed by atoms with Crippen molar-refractivity contribution in [3.05, 3.63) is 99.6 Å². The van der Waals surface area contributed by atoms with Crippen molar-refractivity contribution in [3.8, 4) is 0 Å². The molecule has 10 heteroatoms. The van der Waals surface area contributed by atoms with Gasteiger partial charge in [0.05, 0.1) is 21.3 Å². The molecule has 1 amide bonds. The molecule has 0 aliphatic rings. The number of benzene rings is 3. The summed E-state index contributed by atoms with van der Waals surface area (Å²) < 4.78 is 0. The van der Waals surface area contributed by atoms with E-state index in [0.717, 1.165) is 0 Å². The maximum absolute atomic E-state index is 12.8. The fraction of sp³-hybridized carbons (Fsp3) is 0. The van der Waals surface area contributed by atoms with Gasteiger partial charge >= 0.3 is 0 Å². The molecule has 0 unspecified atom stereocenters. The summed E-state index contributed by atoms with van der Waals surface area (Å²) >= 11 is 6.08. The smallest absolute Gasteiger partial charge is 0.280 e. The first kappa shape index (κ1) is 21.5. The van der Waals surface area contributed by atoms with E-state index >= 15 is 0 Å². The van der Waals surface area contributed by atoms with Gasteiger partial charge in [-0.3, -0.25) is 20.3 Å². The van der Waals surface area contributed by atoms with Gasteiger partial charge in [0.25, 0.3) is 11.6 Å². The van der Waals surface area contributed by atoms with E-state index < -0.39 is 16.5 Å². The Kier molecular flexibility index (Phi) is 6.92. The standard InChI is InChI=1S/C21H16ClN5O4/c22-17-8-4-5-9-18(17)23-21(28)20(26-29)19(25-24-15-6-2-1-3-7-15)14-10-12-16(13-11-14)27(30)31/h1-13,24,29H,(H,23,28)/b25-19-,26-20-. The summed E-state index contributed by atoms with van der Waals surface area (Å²) in [7, 11) is 0. The first-order chi connectivity index (χ1) is 15.0. The number of nitrogens with zero attached hydrogens (tertiary/aromatic N) is 3. The Morgan fingerprint density at radius 3 is 2.23 bits per heavy atom. The fourth-order valence-electron chi connectivity index (χ4n) is 2.57. The predicted molar refractivity (Wildman–Crippen MR) is 119 cm³/mol. The van der Waals surface area contributed by atoms with Crippen LogP contribution in [0.15, 0.2) is 89.1 Å². The van der Waals surface area contributed by atoms with Crippen molar-refractivity contribution in [3.63, 3.8) is 0 Å². The third-order valence-electron chi connectivity index (χ3n) is 4.08. The van der Waals surface area contributed by atoms with Gasteiger partial charge in [0, 0.05) is 17.7 Å². The van der Waals surface area contributed by atoms with Crippen LogP contribution in [-0.4, -0.2) is 27.5 Å². The molecule has 0 radical (unpaired) electrons. The molecule has 9 nitrogen and oxygen atoms in total. The summed E-state index contributed by atoms with van der Waals surface area (Å²) in [6, 6.07) is 20.8. The zero-order valence-electron chi connectivity index (χ0n) is 15.9. The molecule has 0 fully saturated rings. The van der Waals surface area contributed by atoms with Crippen LogP contribution in [0, 0.1) is 10.1 Å². The molecular formula is C21H16ClN5O4. The quantitative estimate of drug-likeness (QED) is 0.216. The largest absolute Gasteiger partial charge is 0.410 e. The van der Waals surface area contributed by atoms with E-state index in [0.29, 0.717) is 22.0 Å². The maximum atomic E-state index is 12.8. The molecule has 0 atom stereocenters. The van der Waals surface area contributed by atoms with E-state index in [9.17, 15) is 20.1 Å². The number of carbonyl (C=O) groups excluding carboxylic acids is 1. The number of nitrogens with one attached hydrogen (secondary N) is 2. The normalized spacial score (nSPS) is 11.6. The van der Waals surface area contributed by atoms with Gasteiger partial charge < -0.3 is 10.5 Å². The topological polar surface area (TPSA) is 129 Å². The molecule has 3 aromatic carbocycles. The molecule has 156 valence electrons. The van der Waals surface area contributed by atoms with Crippen LogP contribution in [0.4, 0.5) is 17.1 Å². The number of anilines is 2. The molecule has 0 aliphatic heterocycles. The first-order valence-electron chi connectivity index (χ1n) is 8.91. The Morgan fingerprint density at radius 2 is 1.61 bits per heavy atom. The predicted octanol–water partition coefficient (Wildman–Crippen LogP) is 4.53. The molecule has 0 saturated heterocycles. The Morgan fingerprint density at radius 1 is 0.968 bits per heavy atom. The van der Waals surface area contributed by atoms with E-state index in [4.69, 9.17) is 11.6 Å². The molecule has 0 bridgehead atoms. The zero-order chi connectivity index (χ0) is 22.2. The first-order valence-corrected chi connectivity index (χ1v) is 9.29. The number of oxime groups is 1. The lowest BCUT2D eigenvalue weighted by molar-refractivity contribution is -0.384. The van der Waals surface area contributed by atoms with Crippen molar-refractivity contribution in [2.24, 2.45) is 10.3 Å². The SMILES string of the molecule is O=C(Nc1ccccc1Cl)C(=N\O)/C(=N\Nc1ccccc1)c1ccc([N+](=O)[O-])cc1. The summed E-state index contributed by atoms with van der Waals surface area (Å²) in [6.07, 6.45) is 0. The number of nitro benzene ring substituents is 1. The highest BCUT2D eigenvalue weighted by Crippen LogP contribution is 2.21. The fourth-order valence-corrected chi connectivity index (χ4v) is 2.76. The molecule has 0 spiro atoms. The van der Waals surface area contributed by atoms with Crippen molar-refractivity contribution in [2.45, 2.75) is 0 Å². The van der Waals surface area contributed by atoms with E-state index in [-0.39, 0.29) is 11.4 Å². The minimum absolute atomic E-state index is 0.0363. The van der Waals surface area contributed by atoms with Crippen LogP contribution < -0.4 is 10.7 Å². The summed E-state index contributed by atoms with van der Waals surface area (Å²) in [5.74, 6) is -0.775. The van der Waals surface area contributed by atoms with Crippen LogP contribution in [0.3, 0.4) is 0 Å². The van der Waals surface area contributed by atoms with Gasteiger partial charge in [0.15, 0.2) is 5.71 Å². The summed E-state index contributed by atoms with van der Waals surface area (Å²) in [5.41, 5.74) is 3.44. The average Bonchev–Trinajstić information content (AvgIpc) is 2.79. The Labute approximate surface area is 181 Å². The van der Waals surface area contributed by atoms with E-state index in [1.807, 2.05) is 6.07 Å². The second kappa shape index (κ2) is 9.99. The minimum atomic E-state index is -0.775. The third-order valence-corrected chi connectivity index (χ3v) is 4.41. The number of carbonyl (C=O) groups is 1. The summed E-state index contributed by atoms with van der Waals surface area (Å²) in [4.78, 5) is 23.2. The molecule has 0 heterocycles. The number of para-hydroxylation sites is 2. The number of nitro groups is 1. The highest BCUT2D eigenvalue weighted by atomic mass is 35.5. The van der Waals surface area contributed by atoms with Gasteiger partial charge in [-0.15, -0.1) is 0 Å². The van der Waals surface area contributed by atoms with Gasteiger partial charge in [-0.1, -0.05) is 47.1 Å². The minimum Gasteiger partial charge on any atom is -0.410 e. The molecular weight excluding hydrogens is 422 g/mol. The van der Waals surface area contributed by atoms with Gasteiger partial charge in [-0.05, 0) is 36.4 Å². The number of amides is 1. The lowest BCUT2D eigenvalue weighted by Crippen LogP contribution is -2.31. The van der Waals surface area contributed by atoms with Crippen molar-refractivity contribution in [1.82, 2.24) is 0 Å². The lowest BCUT2D eigenvalue weighted by atomic mass is 10.0. The third kappa shape index (κ3) is 5.43. The molecule has 3 N–H and O–H groups in total. The molecule has 0 aliphatic carbocycles. The lowest BCUT2D eigenvalue weighted by Gasteiger charge is -2.11. The monoisotopic (exact) mass is 437 g/mol. The molecule has 3 rings (SSSR count). The van der Waals surface area contributed by atoms with Crippen LogP contribution in [0.2, 0.25) is 5.02 Å². The number of hydrogen-bond donors (Lipinski definition) is 3. The number of hydrogen-bond acceptors (Lipinski definition) is 7. The highest BCUT2D eigenvalue weighted by molar-refractivity contribution is 6.71. The van der Waals surface area contributed by atoms with Crippen molar-refractivity contribution >= 4 is 46.0 Å². The molecule has 0 aromatic heterocycles. The Bertz CT molecular complexity index is 1150. The van der Waals surface area contributed by atoms with Gasteiger partial charge in [0.2, 0.25) is 0 Å². The molecule has 0 saturated carbocycles. The van der Waals surface area contributed by atoms with Crippen molar-refractivity contribution < 1.29 is 14.9 Å². The molecule has 31 heavy (non-hydrogen) atoms. The van der Waals surface area contributed by atoms with Crippen LogP contribution >= 0.6 is 11.6 Å². The number of halogens is 1. The van der Waals surface area contributed by atoms with Crippen LogP contribution in [0.1, 0.15) is 5.56 Å². The number of non-ortho nitro benzene ring substituents is 1. The van der Waals surface area contributed by atoms with Crippen molar-refractivity contribution in [1.29, 1.82) is 0 Å². The van der Waals surface area contributed by atoms with Gasteiger partial charge in [-0.2, -0.15) is 5.10 Å². The Hall–Kier alpha value is -4.24. The maximum Gasteiger partial charge on any atom is 0.280 e. The second-order valence-corrected chi connectivity index (χ2v) is 6.53. The van der Waals surface area contributed by atoms with E-state index in [1.54, 1.807) is 48.5 Å². The van der Waals surface area contributed by atoms with Gasteiger partial charge in [0.1, 0.15) is 5.71 Å². The van der Waals surface area contributed by atoms with Crippen LogP contribution in [0.5, 0.6) is 0 Å². The average molecular weight is 438 g/mol. The number of hydrazone groups is 1. The molecule has 3 aromatic rings. The Balaban J connectivity index is 1.97. The summed E-state index contributed by atoms with van der Waals surface area (Å²) in [6.45, 7) is 0. The van der Waals surface area contributed by atoms with Gasteiger partial charge in [-0.25, -0.2) is 0 Å². The van der Waals surface area contributed by atoms with Crippen LogP contribution in [-0.2, 0) is 4.79 Å². The van der Waals surface area contributed by atoms with E-state index in [2.05, 4.69) is 21.0 Å². The summed E-state index contributed by atoms with van der Waals surface area (Å²) in [5, 5.41) is 30.7. The highest BCUT2D eigenvalue weighted by Gasteiger charge is 2.23. The van der Waals surface area contributed by atoms with E-state index in [1.165, 1.54) is 24.3 Å².